The Morgan fingerprint density at radius 3 is 2.82 bits per heavy atom. The van der Waals surface area contributed by atoms with Crippen LogP contribution in [-0.2, 0) is 4.79 Å². The second-order valence-corrected chi connectivity index (χ2v) is 5.50. The van der Waals surface area contributed by atoms with Gasteiger partial charge in [0.2, 0.25) is 5.91 Å². The van der Waals surface area contributed by atoms with Gasteiger partial charge in [0.1, 0.15) is 10.8 Å². The maximum atomic E-state index is 13.0. The van der Waals surface area contributed by atoms with E-state index in [4.69, 9.17) is 16.7 Å². The summed E-state index contributed by atoms with van der Waals surface area (Å²) >= 11 is 6.62. The number of rotatable bonds is 5. The Hall–Kier alpha value is -2.12. The van der Waals surface area contributed by atoms with Crippen molar-refractivity contribution in [2.75, 3.05) is 11.1 Å². The molecule has 1 amide bonds. The number of aromatic nitrogens is 1. The zero-order valence-electron chi connectivity index (χ0n) is 11.0. The smallest absolute Gasteiger partial charge is 0.338 e. The van der Waals surface area contributed by atoms with Crippen molar-refractivity contribution < 1.29 is 19.1 Å². The lowest BCUT2D eigenvalue weighted by Crippen LogP contribution is -2.14. The number of carbonyl (C=O) groups excluding carboxylic acids is 1. The van der Waals surface area contributed by atoms with Crippen molar-refractivity contribution in [3.05, 3.63) is 52.9 Å². The molecule has 1 aromatic carbocycles. The Bertz CT molecular complexity index is 727. The minimum Gasteiger partial charge on any atom is -0.478 e. The highest BCUT2D eigenvalue weighted by Gasteiger charge is 2.13. The second kappa shape index (κ2) is 7.24. The molecule has 1 aromatic heterocycles. The molecule has 0 aliphatic heterocycles. The fourth-order valence-corrected chi connectivity index (χ4v) is 2.54. The number of hydrogen-bond donors (Lipinski definition) is 2. The van der Waals surface area contributed by atoms with Crippen LogP contribution in [0.15, 0.2) is 41.6 Å². The lowest BCUT2D eigenvalue weighted by Gasteiger charge is -2.07. The molecule has 114 valence electrons. The summed E-state index contributed by atoms with van der Waals surface area (Å²) in [4.78, 5) is 26.8. The third kappa shape index (κ3) is 4.19. The maximum Gasteiger partial charge on any atom is 0.338 e. The largest absolute Gasteiger partial charge is 0.478 e. The standard InChI is InChI=1S/C14H10ClFN2O3S/c15-10-6-8(3-4-11(10)16)18-12(19)7-22-13-9(14(20)21)2-1-5-17-13/h1-6H,7H2,(H,18,19)(H,20,21). The highest BCUT2D eigenvalue weighted by Crippen LogP contribution is 2.22. The summed E-state index contributed by atoms with van der Waals surface area (Å²) in [5, 5.41) is 11.7. The van der Waals surface area contributed by atoms with Gasteiger partial charge < -0.3 is 10.4 Å². The van der Waals surface area contributed by atoms with E-state index in [-0.39, 0.29) is 27.3 Å². The first-order chi connectivity index (χ1) is 10.5. The number of carboxylic acid groups (broad SMARTS) is 1. The number of carboxylic acids is 1. The zero-order valence-corrected chi connectivity index (χ0v) is 12.6. The van der Waals surface area contributed by atoms with E-state index < -0.39 is 11.8 Å². The average Bonchev–Trinajstić information content (AvgIpc) is 2.49. The van der Waals surface area contributed by atoms with E-state index >= 15 is 0 Å². The van der Waals surface area contributed by atoms with Crippen molar-refractivity contribution >= 4 is 40.9 Å². The molecule has 22 heavy (non-hydrogen) atoms. The summed E-state index contributed by atoms with van der Waals surface area (Å²) < 4.78 is 13.0. The Labute approximate surface area is 134 Å². The van der Waals surface area contributed by atoms with Crippen molar-refractivity contribution in [2.45, 2.75) is 5.03 Å². The molecule has 0 aliphatic carbocycles. The quantitative estimate of drug-likeness (QED) is 0.816. The molecule has 2 N–H and O–H groups in total. The Morgan fingerprint density at radius 2 is 2.14 bits per heavy atom. The van der Waals surface area contributed by atoms with Gasteiger partial charge in [-0.05, 0) is 30.3 Å². The summed E-state index contributed by atoms with van der Waals surface area (Å²) in [5.74, 6) is -2.10. The van der Waals surface area contributed by atoms with E-state index in [1.807, 2.05) is 0 Å². The zero-order chi connectivity index (χ0) is 16.1. The summed E-state index contributed by atoms with van der Waals surface area (Å²) in [6.07, 6.45) is 1.45. The van der Waals surface area contributed by atoms with Crippen LogP contribution in [0.3, 0.4) is 0 Å². The molecule has 1 heterocycles. The number of anilines is 1. The lowest BCUT2D eigenvalue weighted by molar-refractivity contribution is -0.113. The van der Waals surface area contributed by atoms with E-state index in [2.05, 4.69) is 10.3 Å². The van der Waals surface area contributed by atoms with E-state index in [0.29, 0.717) is 5.69 Å². The van der Waals surface area contributed by atoms with Crippen molar-refractivity contribution in [2.24, 2.45) is 0 Å². The molecule has 2 rings (SSSR count). The van der Waals surface area contributed by atoms with E-state index in [9.17, 15) is 14.0 Å². The SMILES string of the molecule is O=C(CSc1ncccc1C(=O)O)Nc1ccc(F)c(Cl)c1. The third-order valence-corrected chi connectivity index (χ3v) is 3.84. The molecule has 0 radical (unpaired) electrons. The first-order valence-electron chi connectivity index (χ1n) is 6.03. The molecular weight excluding hydrogens is 331 g/mol. The van der Waals surface area contributed by atoms with Crippen LogP contribution in [0.25, 0.3) is 0 Å². The Balaban J connectivity index is 1.98. The number of amides is 1. The number of nitrogens with one attached hydrogen (secondary N) is 1. The van der Waals surface area contributed by atoms with Crippen LogP contribution in [-0.4, -0.2) is 27.7 Å². The molecular formula is C14H10ClFN2O3S. The number of thioether (sulfide) groups is 1. The number of halogens is 2. The summed E-state index contributed by atoms with van der Waals surface area (Å²) in [6, 6.07) is 6.74. The molecule has 0 atom stereocenters. The van der Waals surface area contributed by atoms with Gasteiger partial charge in [-0.1, -0.05) is 23.4 Å². The average molecular weight is 341 g/mol. The van der Waals surface area contributed by atoms with Crippen LogP contribution in [0.1, 0.15) is 10.4 Å². The van der Waals surface area contributed by atoms with E-state index in [0.717, 1.165) is 17.8 Å². The number of benzene rings is 1. The second-order valence-electron chi connectivity index (χ2n) is 4.13. The summed E-state index contributed by atoms with van der Waals surface area (Å²) in [6.45, 7) is 0. The molecule has 8 heteroatoms. The normalized spacial score (nSPS) is 10.3. The van der Waals surface area contributed by atoms with Gasteiger partial charge in [0, 0.05) is 11.9 Å². The summed E-state index contributed by atoms with van der Waals surface area (Å²) in [5.41, 5.74) is 0.390. The molecule has 5 nitrogen and oxygen atoms in total. The number of nitrogens with zero attached hydrogens (tertiary/aromatic N) is 1. The maximum absolute atomic E-state index is 13.0. The Morgan fingerprint density at radius 1 is 1.36 bits per heavy atom. The molecule has 0 fully saturated rings. The number of carbonyl (C=O) groups is 2. The molecule has 0 spiro atoms. The van der Waals surface area contributed by atoms with Crippen molar-refractivity contribution in [1.29, 1.82) is 0 Å². The monoisotopic (exact) mass is 340 g/mol. The van der Waals surface area contributed by atoms with Gasteiger partial charge in [-0.15, -0.1) is 0 Å². The fourth-order valence-electron chi connectivity index (χ4n) is 1.57. The van der Waals surface area contributed by atoms with Gasteiger partial charge in [0.25, 0.3) is 0 Å². The molecule has 0 aliphatic rings. The van der Waals surface area contributed by atoms with Crippen LogP contribution in [0.2, 0.25) is 5.02 Å². The predicted octanol–water partition coefficient (Wildman–Crippen LogP) is 3.30. The Kier molecular flexibility index (Phi) is 5.35. The topological polar surface area (TPSA) is 79.3 Å². The fraction of sp³-hybridized carbons (Fsp3) is 0.0714. The first-order valence-corrected chi connectivity index (χ1v) is 7.39. The number of hydrogen-bond acceptors (Lipinski definition) is 4. The minimum atomic E-state index is -1.11. The number of aromatic carboxylic acids is 1. The van der Waals surface area contributed by atoms with E-state index in [1.165, 1.54) is 30.5 Å². The van der Waals surface area contributed by atoms with Gasteiger partial charge in [0.05, 0.1) is 16.3 Å². The van der Waals surface area contributed by atoms with Gasteiger partial charge in [0.15, 0.2) is 0 Å². The molecule has 0 saturated heterocycles. The highest BCUT2D eigenvalue weighted by atomic mass is 35.5. The van der Waals surface area contributed by atoms with E-state index in [1.54, 1.807) is 0 Å². The minimum absolute atomic E-state index is 0.0325. The van der Waals surface area contributed by atoms with Crippen LogP contribution < -0.4 is 5.32 Å². The number of pyridine rings is 1. The third-order valence-electron chi connectivity index (χ3n) is 2.54. The van der Waals surface area contributed by atoms with Gasteiger partial charge in [-0.25, -0.2) is 14.2 Å². The first kappa shape index (κ1) is 16.3. The lowest BCUT2D eigenvalue weighted by atomic mass is 10.3. The van der Waals surface area contributed by atoms with Gasteiger partial charge in [-0.3, -0.25) is 4.79 Å². The van der Waals surface area contributed by atoms with Crippen LogP contribution in [0.4, 0.5) is 10.1 Å². The van der Waals surface area contributed by atoms with Crippen molar-refractivity contribution in [1.82, 2.24) is 4.98 Å². The molecule has 2 aromatic rings. The van der Waals surface area contributed by atoms with Crippen LogP contribution >= 0.6 is 23.4 Å². The predicted molar refractivity (Wildman–Crippen MR) is 82.0 cm³/mol. The van der Waals surface area contributed by atoms with Gasteiger partial charge in [-0.2, -0.15) is 0 Å². The molecule has 0 bridgehead atoms. The van der Waals surface area contributed by atoms with Crippen molar-refractivity contribution in [3.63, 3.8) is 0 Å². The van der Waals surface area contributed by atoms with Crippen LogP contribution in [0.5, 0.6) is 0 Å². The summed E-state index contributed by atoms with van der Waals surface area (Å²) in [7, 11) is 0. The molecule has 0 unspecified atom stereocenters. The molecule has 0 saturated carbocycles. The van der Waals surface area contributed by atoms with Crippen molar-refractivity contribution in [3.8, 4) is 0 Å². The van der Waals surface area contributed by atoms with Crippen LogP contribution in [0, 0.1) is 5.82 Å². The highest BCUT2D eigenvalue weighted by molar-refractivity contribution is 8.00. The van der Waals surface area contributed by atoms with Gasteiger partial charge >= 0.3 is 5.97 Å².